The van der Waals surface area contributed by atoms with Gasteiger partial charge in [0.1, 0.15) is 0 Å². The van der Waals surface area contributed by atoms with Crippen LogP contribution in [0.25, 0.3) is 0 Å². The zero-order valence-electron chi connectivity index (χ0n) is 10.9. The van der Waals surface area contributed by atoms with Crippen LogP contribution >= 0.6 is 11.6 Å². The Morgan fingerprint density at radius 2 is 2.00 bits per heavy atom. The van der Waals surface area contributed by atoms with E-state index in [1.54, 1.807) is 0 Å². The van der Waals surface area contributed by atoms with E-state index in [9.17, 15) is 0 Å². The molecule has 2 aromatic rings. The molecule has 19 heavy (non-hydrogen) atoms. The number of hydrogen-bond acceptors (Lipinski definition) is 1. The molecule has 2 heterocycles. The first-order valence-corrected chi connectivity index (χ1v) is 7.18. The van der Waals surface area contributed by atoms with E-state index < -0.39 is 0 Å². The van der Waals surface area contributed by atoms with E-state index in [2.05, 4.69) is 48.6 Å². The lowest BCUT2D eigenvalue weighted by Crippen LogP contribution is -2.36. The van der Waals surface area contributed by atoms with Crippen molar-refractivity contribution in [3.63, 3.8) is 0 Å². The lowest BCUT2D eigenvalue weighted by atomic mass is 9.82. The molecule has 0 fully saturated rings. The average molecular weight is 270 g/mol. The fourth-order valence-corrected chi connectivity index (χ4v) is 3.90. The SMILES string of the molecule is C[C@@]12Cc3ccc(Cl)cc3C[C@@H](N1)c1ccccc12. The van der Waals surface area contributed by atoms with Gasteiger partial charge in [0.05, 0.1) is 0 Å². The minimum atomic E-state index is 0.0559. The van der Waals surface area contributed by atoms with Gasteiger partial charge in [-0.15, -0.1) is 0 Å². The predicted octanol–water partition coefficient (Wildman–Crippen LogP) is 4.00. The molecule has 1 nitrogen and oxygen atoms in total. The van der Waals surface area contributed by atoms with Gasteiger partial charge in [-0.3, -0.25) is 0 Å². The van der Waals surface area contributed by atoms with Crippen molar-refractivity contribution in [3.05, 3.63) is 69.7 Å². The van der Waals surface area contributed by atoms with Crippen LogP contribution in [0.4, 0.5) is 0 Å². The zero-order chi connectivity index (χ0) is 13.0. The summed E-state index contributed by atoms with van der Waals surface area (Å²) in [5.41, 5.74) is 5.79. The second-order valence-corrected chi connectivity index (χ2v) is 6.35. The fraction of sp³-hybridized carbons (Fsp3) is 0.294. The summed E-state index contributed by atoms with van der Waals surface area (Å²) in [7, 11) is 0. The number of fused-ring (bicyclic) bond motifs is 6. The Morgan fingerprint density at radius 3 is 2.89 bits per heavy atom. The van der Waals surface area contributed by atoms with Crippen LogP contribution in [-0.4, -0.2) is 0 Å². The van der Waals surface area contributed by atoms with Gasteiger partial charge in [0, 0.05) is 16.6 Å². The Bertz CT molecular complexity index is 664. The molecule has 0 amide bonds. The molecule has 0 aliphatic carbocycles. The highest BCUT2D eigenvalue weighted by Gasteiger charge is 2.41. The van der Waals surface area contributed by atoms with Crippen LogP contribution in [0.5, 0.6) is 0 Å². The van der Waals surface area contributed by atoms with E-state index in [-0.39, 0.29) is 5.54 Å². The second-order valence-electron chi connectivity index (χ2n) is 5.91. The minimum absolute atomic E-state index is 0.0559. The second kappa shape index (κ2) is 3.84. The lowest BCUT2D eigenvalue weighted by molar-refractivity contribution is 0.368. The Labute approximate surface area is 118 Å². The van der Waals surface area contributed by atoms with Crippen molar-refractivity contribution >= 4 is 11.6 Å². The zero-order valence-corrected chi connectivity index (χ0v) is 11.7. The molecule has 4 rings (SSSR count). The summed E-state index contributed by atoms with van der Waals surface area (Å²) in [5, 5.41) is 4.66. The van der Waals surface area contributed by atoms with Gasteiger partial charge in [0.15, 0.2) is 0 Å². The molecule has 2 atom stereocenters. The molecule has 2 bridgehead atoms. The maximum atomic E-state index is 6.15. The molecule has 2 aliphatic heterocycles. The minimum Gasteiger partial charge on any atom is -0.300 e. The van der Waals surface area contributed by atoms with Crippen LogP contribution < -0.4 is 5.32 Å². The Morgan fingerprint density at radius 1 is 1.16 bits per heavy atom. The molecule has 0 spiro atoms. The van der Waals surface area contributed by atoms with Gasteiger partial charge in [-0.05, 0) is 54.2 Å². The topological polar surface area (TPSA) is 12.0 Å². The molecule has 2 heteroatoms. The Kier molecular flexibility index (Phi) is 2.33. The number of nitrogens with one attached hydrogen (secondary N) is 1. The van der Waals surface area contributed by atoms with Crippen molar-refractivity contribution in [3.8, 4) is 0 Å². The van der Waals surface area contributed by atoms with Gasteiger partial charge >= 0.3 is 0 Å². The maximum absolute atomic E-state index is 6.15. The van der Waals surface area contributed by atoms with Gasteiger partial charge < -0.3 is 5.32 Å². The van der Waals surface area contributed by atoms with Gasteiger partial charge in [-0.25, -0.2) is 0 Å². The van der Waals surface area contributed by atoms with Gasteiger partial charge in [0.2, 0.25) is 0 Å². The third kappa shape index (κ3) is 1.65. The van der Waals surface area contributed by atoms with E-state index in [0.717, 1.165) is 17.9 Å². The van der Waals surface area contributed by atoms with E-state index in [1.807, 2.05) is 6.07 Å². The highest BCUT2D eigenvalue weighted by molar-refractivity contribution is 6.30. The molecule has 2 aromatic carbocycles. The Hall–Kier alpha value is -1.31. The van der Waals surface area contributed by atoms with E-state index in [4.69, 9.17) is 11.6 Å². The van der Waals surface area contributed by atoms with Crippen LogP contribution in [0.1, 0.15) is 35.2 Å². The van der Waals surface area contributed by atoms with E-state index in [1.165, 1.54) is 22.3 Å². The maximum Gasteiger partial charge on any atom is 0.0455 e. The molecule has 0 saturated carbocycles. The molecular weight excluding hydrogens is 254 g/mol. The van der Waals surface area contributed by atoms with Gasteiger partial charge in [-0.2, -0.15) is 0 Å². The monoisotopic (exact) mass is 269 g/mol. The number of halogens is 1. The Balaban J connectivity index is 1.90. The predicted molar refractivity (Wildman–Crippen MR) is 78.5 cm³/mol. The summed E-state index contributed by atoms with van der Waals surface area (Å²) in [6, 6.07) is 15.6. The highest BCUT2D eigenvalue weighted by atomic mass is 35.5. The quantitative estimate of drug-likeness (QED) is 0.762. The van der Waals surface area contributed by atoms with Crippen molar-refractivity contribution in [2.24, 2.45) is 0 Å². The normalized spacial score (nSPS) is 27.6. The third-order valence-electron chi connectivity index (χ3n) is 4.56. The molecule has 1 N–H and O–H groups in total. The first kappa shape index (κ1) is 11.5. The summed E-state index contributed by atoms with van der Waals surface area (Å²) in [6.45, 7) is 2.32. The number of benzene rings is 2. The van der Waals surface area contributed by atoms with Gasteiger partial charge in [-0.1, -0.05) is 41.9 Å². The third-order valence-corrected chi connectivity index (χ3v) is 4.79. The van der Waals surface area contributed by atoms with E-state index >= 15 is 0 Å². The summed E-state index contributed by atoms with van der Waals surface area (Å²) < 4.78 is 0. The van der Waals surface area contributed by atoms with Crippen LogP contribution in [-0.2, 0) is 18.4 Å². The average Bonchev–Trinajstić information content (AvgIpc) is 2.57. The molecule has 0 radical (unpaired) electrons. The molecule has 2 aliphatic rings. The van der Waals surface area contributed by atoms with Crippen molar-refractivity contribution < 1.29 is 0 Å². The molecular formula is C17H16ClN. The van der Waals surface area contributed by atoms with Crippen molar-refractivity contribution in [1.82, 2.24) is 5.32 Å². The smallest absolute Gasteiger partial charge is 0.0455 e. The summed E-state index contributed by atoms with van der Waals surface area (Å²) in [6.07, 6.45) is 2.06. The molecule has 0 saturated heterocycles. The van der Waals surface area contributed by atoms with E-state index in [0.29, 0.717) is 6.04 Å². The summed E-state index contributed by atoms with van der Waals surface area (Å²) in [4.78, 5) is 0. The number of rotatable bonds is 0. The van der Waals surface area contributed by atoms with Crippen molar-refractivity contribution in [2.45, 2.75) is 31.3 Å². The highest BCUT2D eigenvalue weighted by Crippen LogP contribution is 2.44. The van der Waals surface area contributed by atoms with Crippen LogP contribution in [0, 0.1) is 0 Å². The van der Waals surface area contributed by atoms with Gasteiger partial charge in [0.25, 0.3) is 0 Å². The largest absolute Gasteiger partial charge is 0.300 e. The van der Waals surface area contributed by atoms with Crippen LogP contribution in [0.15, 0.2) is 42.5 Å². The summed E-state index contributed by atoms with van der Waals surface area (Å²) >= 11 is 6.15. The van der Waals surface area contributed by atoms with Crippen LogP contribution in [0.3, 0.4) is 0 Å². The lowest BCUT2D eigenvalue weighted by Gasteiger charge is -2.26. The molecule has 0 unspecified atom stereocenters. The number of hydrogen-bond donors (Lipinski definition) is 1. The fourth-order valence-electron chi connectivity index (χ4n) is 3.71. The van der Waals surface area contributed by atoms with Crippen LogP contribution in [0.2, 0.25) is 5.02 Å². The van der Waals surface area contributed by atoms with Crippen molar-refractivity contribution in [2.75, 3.05) is 0 Å². The first-order chi connectivity index (χ1) is 9.16. The molecule has 96 valence electrons. The first-order valence-electron chi connectivity index (χ1n) is 6.80. The van der Waals surface area contributed by atoms with Crippen molar-refractivity contribution in [1.29, 1.82) is 0 Å². The standard InChI is InChI=1S/C17H16ClN/c1-17-10-11-6-7-13(18)8-12(11)9-16(19-17)14-4-2-3-5-15(14)17/h2-8,16,19H,9-10H2,1H3/t16-,17+/m1/s1. The molecule has 0 aromatic heterocycles. The summed E-state index contributed by atoms with van der Waals surface area (Å²) in [5.74, 6) is 0.